The molecule has 0 atom stereocenters. The van der Waals surface area contributed by atoms with Crippen LogP contribution in [0.3, 0.4) is 0 Å². The van der Waals surface area contributed by atoms with Crippen molar-refractivity contribution in [2.45, 2.75) is 59.5 Å². The fourth-order valence-electron chi connectivity index (χ4n) is 1.53. The average molecular weight is 284 g/mol. The quantitative estimate of drug-likeness (QED) is 0.843. The number of hydrogen-bond donors (Lipinski definition) is 1. The van der Waals surface area contributed by atoms with Crippen LogP contribution in [0.2, 0.25) is 0 Å². The van der Waals surface area contributed by atoms with Crippen molar-refractivity contribution in [3.05, 3.63) is 15.6 Å². The second-order valence-corrected chi connectivity index (χ2v) is 6.88. The van der Waals surface area contributed by atoms with Crippen molar-refractivity contribution < 1.29 is 9.53 Å². The van der Waals surface area contributed by atoms with Crippen LogP contribution < -0.4 is 5.32 Å². The number of carbonyl (C=O) groups is 1. The van der Waals surface area contributed by atoms with Crippen LogP contribution in [0.1, 0.15) is 67.8 Å². The Bertz CT molecular complexity index is 433. The van der Waals surface area contributed by atoms with E-state index in [1.54, 1.807) is 0 Å². The molecule has 108 valence electrons. The summed E-state index contributed by atoms with van der Waals surface area (Å²) in [5.41, 5.74) is 0.877. The zero-order chi connectivity index (χ0) is 14.6. The van der Waals surface area contributed by atoms with Crippen molar-refractivity contribution >= 4 is 17.3 Å². The zero-order valence-electron chi connectivity index (χ0n) is 12.7. The Morgan fingerprint density at radius 2 is 2.05 bits per heavy atom. The lowest BCUT2D eigenvalue weighted by Gasteiger charge is -2.19. The molecule has 0 spiro atoms. The molecule has 0 saturated carbocycles. The first-order valence-corrected chi connectivity index (χ1v) is 7.48. The summed E-state index contributed by atoms with van der Waals surface area (Å²) < 4.78 is 5.09. The lowest BCUT2D eigenvalue weighted by molar-refractivity contribution is 0.0530. The van der Waals surface area contributed by atoms with Crippen LogP contribution in [0, 0.1) is 0 Å². The summed E-state index contributed by atoms with van der Waals surface area (Å²) in [4.78, 5) is 17.1. The maximum Gasteiger partial charge on any atom is 0.350 e. The first-order chi connectivity index (χ1) is 8.74. The first-order valence-electron chi connectivity index (χ1n) is 6.66. The molecular formula is C14H24N2O2S. The summed E-state index contributed by atoms with van der Waals surface area (Å²) in [6.45, 7) is 13.3. The van der Waals surface area contributed by atoms with Gasteiger partial charge in [0, 0.05) is 12.1 Å². The molecule has 0 bridgehead atoms. The normalized spacial score (nSPS) is 11.9. The molecule has 0 unspecified atom stereocenters. The van der Waals surface area contributed by atoms with E-state index in [0.29, 0.717) is 18.0 Å². The standard InChI is InChI=1S/C14H24N2O2S/c1-7-18-13(17)12-11(9(2)3)16-10(19-12)8-15-14(4,5)6/h9,15H,7-8H2,1-6H3. The molecule has 1 rings (SSSR count). The van der Waals surface area contributed by atoms with Crippen molar-refractivity contribution in [2.24, 2.45) is 0 Å². The van der Waals surface area contributed by atoms with Gasteiger partial charge in [0.25, 0.3) is 0 Å². The molecule has 5 heteroatoms. The molecule has 0 aliphatic heterocycles. The van der Waals surface area contributed by atoms with E-state index in [9.17, 15) is 4.79 Å². The van der Waals surface area contributed by atoms with E-state index in [4.69, 9.17) is 4.74 Å². The fraction of sp³-hybridized carbons (Fsp3) is 0.714. The number of rotatable bonds is 5. The molecule has 0 aromatic carbocycles. The fourth-order valence-corrected chi connectivity index (χ4v) is 2.58. The van der Waals surface area contributed by atoms with E-state index in [1.165, 1.54) is 11.3 Å². The first kappa shape index (κ1) is 16.1. The summed E-state index contributed by atoms with van der Waals surface area (Å²) >= 11 is 1.43. The average Bonchev–Trinajstić information content (AvgIpc) is 2.70. The molecule has 19 heavy (non-hydrogen) atoms. The van der Waals surface area contributed by atoms with Gasteiger partial charge in [-0.15, -0.1) is 11.3 Å². The van der Waals surface area contributed by atoms with Gasteiger partial charge in [0.2, 0.25) is 0 Å². The SMILES string of the molecule is CCOC(=O)c1sc(CNC(C)(C)C)nc1C(C)C. The Labute approximate surface area is 119 Å². The Morgan fingerprint density at radius 1 is 1.42 bits per heavy atom. The number of nitrogens with one attached hydrogen (secondary N) is 1. The highest BCUT2D eigenvalue weighted by Gasteiger charge is 2.21. The van der Waals surface area contributed by atoms with Gasteiger partial charge >= 0.3 is 5.97 Å². The van der Waals surface area contributed by atoms with E-state index < -0.39 is 0 Å². The minimum absolute atomic E-state index is 0.0355. The molecule has 0 aliphatic rings. The van der Waals surface area contributed by atoms with Crippen molar-refractivity contribution in [3.8, 4) is 0 Å². The van der Waals surface area contributed by atoms with Crippen molar-refractivity contribution in [1.29, 1.82) is 0 Å². The van der Waals surface area contributed by atoms with Crippen LogP contribution in [0.15, 0.2) is 0 Å². The summed E-state index contributed by atoms with van der Waals surface area (Å²) in [6, 6.07) is 0. The Balaban J connectivity index is 2.91. The third-order valence-electron chi connectivity index (χ3n) is 2.48. The highest BCUT2D eigenvalue weighted by Crippen LogP contribution is 2.26. The van der Waals surface area contributed by atoms with E-state index in [0.717, 1.165) is 10.7 Å². The molecule has 1 N–H and O–H groups in total. The van der Waals surface area contributed by atoms with Crippen LogP contribution in [0.25, 0.3) is 0 Å². The van der Waals surface area contributed by atoms with Gasteiger partial charge in [-0.25, -0.2) is 9.78 Å². The number of nitrogens with zero attached hydrogens (tertiary/aromatic N) is 1. The molecule has 4 nitrogen and oxygen atoms in total. The Morgan fingerprint density at radius 3 is 2.53 bits per heavy atom. The molecule has 0 amide bonds. The second-order valence-electron chi connectivity index (χ2n) is 5.80. The third-order valence-corrected chi connectivity index (χ3v) is 3.53. The molecule has 1 aromatic rings. The molecule has 1 aromatic heterocycles. The second kappa shape index (κ2) is 6.48. The van der Waals surface area contributed by atoms with Gasteiger partial charge in [-0.3, -0.25) is 0 Å². The van der Waals surface area contributed by atoms with Crippen molar-refractivity contribution in [2.75, 3.05) is 6.61 Å². The van der Waals surface area contributed by atoms with Gasteiger partial charge in [0.15, 0.2) is 0 Å². The minimum atomic E-state index is -0.259. The number of carbonyl (C=O) groups excluding carboxylic acids is 1. The predicted molar refractivity (Wildman–Crippen MR) is 78.8 cm³/mol. The highest BCUT2D eigenvalue weighted by molar-refractivity contribution is 7.13. The summed E-state index contributed by atoms with van der Waals surface area (Å²) in [7, 11) is 0. The van der Waals surface area contributed by atoms with Gasteiger partial charge in [0.05, 0.1) is 12.3 Å². The van der Waals surface area contributed by atoms with E-state index in [-0.39, 0.29) is 17.4 Å². The zero-order valence-corrected chi connectivity index (χ0v) is 13.5. The van der Waals surface area contributed by atoms with Crippen LogP contribution >= 0.6 is 11.3 Å². The number of hydrogen-bond acceptors (Lipinski definition) is 5. The monoisotopic (exact) mass is 284 g/mol. The van der Waals surface area contributed by atoms with Gasteiger partial charge in [-0.2, -0.15) is 0 Å². The maximum absolute atomic E-state index is 11.9. The molecule has 0 aliphatic carbocycles. The summed E-state index contributed by atoms with van der Waals surface area (Å²) in [5, 5.41) is 4.32. The third kappa shape index (κ3) is 4.91. The largest absolute Gasteiger partial charge is 0.462 e. The Kier molecular flexibility index (Phi) is 5.50. The summed E-state index contributed by atoms with van der Waals surface area (Å²) in [6.07, 6.45) is 0. The lowest BCUT2D eigenvalue weighted by Crippen LogP contribution is -2.35. The molecular weight excluding hydrogens is 260 g/mol. The molecule has 1 heterocycles. The summed E-state index contributed by atoms with van der Waals surface area (Å²) in [5.74, 6) is -0.0373. The van der Waals surface area contributed by atoms with Crippen LogP contribution in [-0.2, 0) is 11.3 Å². The van der Waals surface area contributed by atoms with Gasteiger partial charge in [0.1, 0.15) is 9.88 Å². The molecule has 0 saturated heterocycles. The highest BCUT2D eigenvalue weighted by atomic mass is 32.1. The number of esters is 1. The van der Waals surface area contributed by atoms with Crippen LogP contribution in [0.4, 0.5) is 0 Å². The van der Waals surface area contributed by atoms with Crippen molar-refractivity contribution in [1.82, 2.24) is 10.3 Å². The number of thiazole rings is 1. The van der Waals surface area contributed by atoms with E-state index in [1.807, 2.05) is 20.8 Å². The van der Waals surface area contributed by atoms with Gasteiger partial charge in [-0.1, -0.05) is 13.8 Å². The molecule has 0 fully saturated rings. The minimum Gasteiger partial charge on any atom is -0.462 e. The van der Waals surface area contributed by atoms with Crippen molar-refractivity contribution in [3.63, 3.8) is 0 Å². The van der Waals surface area contributed by atoms with E-state index >= 15 is 0 Å². The van der Waals surface area contributed by atoms with Gasteiger partial charge in [-0.05, 0) is 33.6 Å². The maximum atomic E-state index is 11.9. The smallest absolute Gasteiger partial charge is 0.350 e. The van der Waals surface area contributed by atoms with E-state index in [2.05, 4.69) is 31.1 Å². The van der Waals surface area contributed by atoms with Crippen LogP contribution in [-0.4, -0.2) is 23.1 Å². The van der Waals surface area contributed by atoms with Gasteiger partial charge < -0.3 is 10.1 Å². The molecule has 0 radical (unpaired) electrons. The number of ether oxygens (including phenoxy) is 1. The lowest BCUT2D eigenvalue weighted by atomic mass is 10.1. The number of aromatic nitrogens is 1. The topological polar surface area (TPSA) is 51.2 Å². The Hall–Kier alpha value is -0.940. The van der Waals surface area contributed by atoms with Crippen LogP contribution in [0.5, 0.6) is 0 Å². The predicted octanol–water partition coefficient (Wildman–Crippen LogP) is 3.33.